The molecule has 0 saturated carbocycles. The lowest BCUT2D eigenvalue weighted by atomic mass is 10.3. The SMILES string of the molecule is CCC[n+]1cccc(-c2nc3ccc(N)cc3o2)c1.[I-]. The highest BCUT2D eigenvalue weighted by atomic mass is 127. The topological polar surface area (TPSA) is 55.9 Å². The van der Waals surface area contributed by atoms with Gasteiger partial charge in [0.15, 0.2) is 18.0 Å². The number of fused-ring (bicyclic) bond motifs is 1. The van der Waals surface area contributed by atoms with Crippen LogP contribution in [0.3, 0.4) is 0 Å². The van der Waals surface area contributed by atoms with Crippen LogP contribution >= 0.6 is 0 Å². The molecule has 3 aromatic rings. The Kier molecular flexibility index (Phi) is 4.59. The molecule has 2 aromatic heterocycles. The highest BCUT2D eigenvalue weighted by Gasteiger charge is 2.11. The van der Waals surface area contributed by atoms with Gasteiger partial charge in [-0.15, -0.1) is 0 Å². The van der Waals surface area contributed by atoms with E-state index in [2.05, 4.69) is 22.7 Å². The van der Waals surface area contributed by atoms with E-state index in [0.717, 1.165) is 29.6 Å². The molecular formula is C15H16IN3O. The number of halogens is 1. The molecule has 0 aliphatic rings. The Hall–Kier alpha value is -1.63. The van der Waals surface area contributed by atoms with Gasteiger partial charge < -0.3 is 34.1 Å². The number of hydrogen-bond donors (Lipinski definition) is 1. The molecule has 0 aliphatic heterocycles. The molecule has 104 valence electrons. The van der Waals surface area contributed by atoms with E-state index in [1.807, 2.05) is 30.5 Å². The van der Waals surface area contributed by atoms with E-state index in [4.69, 9.17) is 10.2 Å². The van der Waals surface area contributed by atoms with E-state index in [-0.39, 0.29) is 24.0 Å². The molecule has 2 heterocycles. The molecule has 0 bridgehead atoms. The zero-order valence-electron chi connectivity index (χ0n) is 11.2. The maximum atomic E-state index is 5.76. The van der Waals surface area contributed by atoms with Gasteiger partial charge in [-0.3, -0.25) is 0 Å². The number of nitrogens with zero attached hydrogens (tertiary/aromatic N) is 2. The normalized spacial score (nSPS) is 10.4. The van der Waals surface area contributed by atoms with Crippen LogP contribution < -0.4 is 34.3 Å². The number of anilines is 1. The fourth-order valence-electron chi connectivity index (χ4n) is 2.11. The smallest absolute Gasteiger partial charge is 0.233 e. The van der Waals surface area contributed by atoms with E-state index < -0.39 is 0 Å². The number of hydrogen-bond acceptors (Lipinski definition) is 3. The highest BCUT2D eigenvalue weighted by Crippen LogP contribution is 2.24. The fourth-order valence-corrected chi connectivity index (χ4v) is 2.11. The largest absolute Gasteiger partial charge is 1.00 e. The van der Waals surface area contributed by atoms with E-state index in [1.54, 1.807) is 6.07 Å². The van der Waals surface area contributed by atoms with Gasteiger partial charge >= 0.3 is 0 Å². The van der Waals surface area contributed by atoms with Crippen molar-refractivity contribution in [3.05, 3.63) is 42.7 Å². The van der Waals surface area contributed by atoms with Gasteiger partial charge in [0.2, 0.25) is 5.89 Å². The van der Waals surface area contributed by atoms with Crippen molar-refractivity contribution in [1.29, 1.82) is 0 Å². The third-order valence-corrected chi connectivity index (χ3v) is 3.00. The first-order valence-electron chi connectivity index (χ1n) is 6.42. The minimum Gasteiger partial charge on any atom is -1.00 e. The van der Waals surface area contributed by atoms with Gasteiger partial charge in [0.25, 0.3) is 0 Å². The van der Waals surface area contributed by atoms with Gasteiger partial charge in [-0.1, -0.05) is 6.92 Å². The Balaban J connectivity index is 0.00000147. The van der Waals surface area contributed by atoms with Gasteiger partial charge in [0.05, 0.1) is 0 Å². The van der Waals surface area contributed by atoms with Crippen molar-refractivity contribution in [1.82, 2.24) is 4.98 Å². The second kappa shape index (κ2) is 6.21. The molecule has 0 aliphatic carbocycles. The first kappa shape index (κ1) is 14.8. The molecule has 0 saturated heterocycles. The van der Waals surface area contributed by atoms with Crippen molar-refractivity contribution in [2.75, 3.05) is 5.73 Å². The predicted molar refractivity (Wildman–Crippen MR) is 74.3 cm³/mol. The average Bonchev–Trinajstić information content (AvgIpc) is 2.82. The summed E-state index contributed by atoms with van der Waals surface area (Å²) >= 11 is 0. The molecule has 5 heteroatoms. The van der Waals surface area contributed by atoms with Crippen LogP contribution in [-0.4, -0.2) is 4.98 Å². The second-order valence-corrected chi connectivity index (χ2v) is 4.58. The third kappa shape index (κ3) is 2.92. The zero-order chi connectivity index (χ0) is 13.2. The maximum Gasteiger partial charge on any atom is 0.233 e. The van der Waals surface area contributed by atoms with Crippen molar-refractivity contribution in [3.63, 3.8) is 0 Å². The number of nitrogen functional groups attached to an aromatic ring is 1. The van der Waals surface area contributed by atoms with Crippen molar-refractivity contribution >= 4 is 16.8 Å². The second-order valence-electron chi connectivity index (χ2n) is 4.58. The standard InChI is InChI=1S/C15H16N3O.HI/c1-2-7-18-8-3-4-11(10-18)15-17-13-6-5-12(16)9-14(13)19-15;/h3-6,8-10H,2,7,16H2,1H3;1H/q+1;/p-1. The Morgan fingerprint density at radius 1 is 1.30 bits per heavy atom. The van der Waals surface area contributed by atoms with E-state index in [0.29, 0.717) is 11.6 Å². The van der Waals surface area contributed by atoms with Crippen molar-refractivity contribution in [2.45, 2.75) is 19.9 Å². The summed E-state index contributed by atoms with van der Waals surface area (Å²) in [6, 6.07) is 9.51. The van der Waals surface area contributed by atoms with Crippen LogP contribution in [0.2, 0.25) is 0 Å². The van der Waals surface area contributed by atoms with Crippen LogP contribution in [0.4, 0.5) is 5.69 Å². The molecule has 0 fully saturated rings. The number of nitrogens with two attached hydrogens (primary N) is 1. The Morgan fingerprint density at radius 2 is 2.15 bits per heavy atom. The molecule has 0 unspecified atom stereocenters. The molecule has 0 amide bonds. The van der Waals surface area contributed by atoms with Crippen LogP contribution in [0.15, 0.2) is 47.1 Å². The predicted octanol–water partition coefficient (Wildman–Crippen LogP) is -0.221. The molecular weight excluding hydrogens is 365 g/mol. The highest BCUT2D eigenvalue weighted by molar-refractivity contribution is 5.79. The fraction of sp³-hybridized carbons (Fsp3) is 0.200. The molecule has 0 atom stereocenters. The minimum absolute atomic E-state index is 0. The van der Waals surface area contributed by atoms with E-state index >= 15 is 0 Å². The minimum atomic E-state index is 0. The van der Waals surface area contributed by atoms with Crippen molar-refractivity contribution in [3.8, 4) is 11.5 Å². The number of rotatable bonds is 3. The lowest BCUT2D eigenvalue weighted by molar-refractivity contribution is -0.696. The molecule has 1 aromatic carbocycles. The Bertz CT molecular complexity index is 724. The van der Waals surface area contributed by atoms with Crippen LogP contribution in [0.1, 0.15) is 13.3 Å². The van der Waals surface area contributed by atoms with Crippen LogP contribution in [0.5, 0.6) is 0 Å². The molecule has 0 radical (unpaired) electrons. The van der Waals surface area contributed by atoms with Gasteiger partial charge in [-0.25, -0.2) is 9.55 Å². The summed E-state index contributed by atoms with van der Waals surface area (Å²) in [7, 11) is 0. The first-order valence-corrected chi connectivity index (χ1v) is 6.42. The molecule has 0 spiro atoms. The summed E-state index contributed by atoms with van der Waals surface area (Å²) in [5.41, 5.74) is 8.96. The monoisotopic (exact) mass is 381 g/mol. The third-order valence-electron chi connectivity index (χ3n) is 3.00. The Labute approximate surface area is 134 Å². The number of aryl methyl sites for hydroxylation is 1. The quantitative estimate of drug-likeness (QED) is 0.388. The molecule has 20 heavy (non-hydrogen) atoms. The van der Waals surface area contributed by atoms with Gasteiger partial charge in [0.1, 0.15) is 17.6 Å². The summed E-state index contributed by atoms with van der Waals surface area (Å²) in [6.07, 6.45) is 5.20. The summed E-state index contributed by atoms with van der Waals surface area (Å²) in [5.74, 6) is 0.631. The Morgan fingerprint density at radius 3 is 2.95 bits per heavy atom. The van der Waals surface area contributed by atoms with Gasteiger partial charge in [-0.05, 0) is 18.2 Å². The number of oxazole rings is 1. The summed E-state index contributed by atoms with van der Waals surface area (Å²) < 4.78 is 7.90. The molecule has 3 rings (SSSR count). The molecule has 2 N–H and O–H groups in total. The van der Waals surface area contributed by atoms with Crippen molar-refractivity contribution < 1.29 is 33.0 Å². The summed E-state index contributed by atoms with van der Waals surface area (Å²) in [4.78, 5) is 4.49. The van der Waals surface area contributed by atoms with Crippen molar-refractivity contribution in [2.24, 2.45) is 0 Å². The molecule has 4 nitrogen and oxygen atoms in total. The lowest BCUT2D eigenvalue weighted by Crippen LogP contribution is -3.00. The zero-order valence-corrected chi connectivity index (χ0v) is 13.4. The van der Waals surface area contributed by atoms with Crippen LogP contribution in [0, 0.1) is 0 Å². The van der Waals surface area contributed by atoms with Crippen LogP contribution in [0.25, 0.3) is 22.6 Å². The number of benzene rings is 1. The lowest BCUT2D eigenvalue weighted by Gasteiger charge is -1.95. The maximum absolute atomic E-state index is 5.76. The average molecular weight is 381 g/mol. The number of aromatic nitrogens is 2. The van der Waals surface area contributed by atoms with Gasteiger partial charge in [-0.2, -0.15) is 0 Å². The van der Waals surface area contributed by atoms with Crippen LogP contribution in [-0.2, 0) is 6.54 Å². The van der Waals surface area contributed by atoms with E-state index in [1.165, 1.54) is 0 Å². The van der Waals surface area contributed by atoms with Gasteiger partial charge in [0, 0.05) is 24.2 Å². The number of pyridine rings is 1. The first-order chi connectivity index (χ1) is 9.26. The summed E-state index contributed by atoms with van der Waals surface area (Å²) in [6.45, 7) is 3.14. The summed E-state index contributed by atoms with van der Waals surface area (Å²) in [5, 5.41) is 0. The van der Waals surface area contributed by atoms with E-state index in [9.17, 15) is 0 Å².